The molecule has 7 heteroatoms. The lowest BCUT2D eigenvalue weighted by atomic mass is 10.3. The number of hydrogen-bond donors (Lipinski definition) is 2. The number of hydrazine groups is 1. The van der Waals surface area contributed by atoms with E-state index < -0.39 is 0 Å². The van der Waals surface area contributed by atoms with Gasteiger partial charge in [0.25, 0.3) is 0 Å². The number of rotatable bonds is 2. The zero-order valence-corrected chi connectivity index (χ0v) is 11.2. The van der Waals surface area contributed by atoms with Crippen LogP contribution in [0.25, 0.3) is 0 Å². The molecule has 0 spiro atoms. The second-order valence-corrected chi connectivity index (χ2v) is 4.57. The summed E-state index contributed by atoms with van der Waals surface area (Å²) in [5.74, 6) is -0.309. The molecule has 20 heavy (non-hydrogen) atoms. The van der Waals surface area contributed by atoms with Gasteiger partial charge in [0.05, 0.1) is 0 Å². The highest BCUT2D eigenvalue weighted by Gasteiger charge is 2.19. The highest BCUT2D eigenvalue weighted by Crippen LogP contribution is 2.08. The number of urea groups is 1. The van der Waals surface area contributed by atoms with Crippen molar-refractivity contribution < 1.29 is 14.0 Å². The van der Waals surface area contributed by atoms with Crippen molar-refractivity contribution in [3.8, 4) is 0 Å². The largest absolute Gasteiger partial charge is 0.340 e. The fourth-order valence-electron chi connectivity index (χ4n) is 1.97. The maximum absolute atomic E-state index is 12.7. The van der Waals surface area contributed by atoms with Gasteiger partial charge in [0, 0.05) is 38.8 Å². The summed E-state index contributed by atoms with van der Waals surface area (Å²) >= 11 is 0. The number of halogens is 1. The Bertz CT molecular complexity index is 484. The van der Waals surface area contributed by atoms with Gasteiger partial charge in [-0.15, -0.1) is 0 Å². The molecule has 108 valence electrons. The van der Waals surface area contributed by atoms with Crippen LogP contribution < -0.4 is 10.7 Å². The Hall–Kier alpha value is -2.15. The Morgan fingerprint density at radius 2 is 1.70 bits per heavy atom. The van der Waals surface area contributed by atoms with Crippen LogP contribution in [0.1, 0.15) is 6.92 Å². The molecule has 3 amide bonds. The van der Waals surface area contributed by atoms with Gasteiger partial charge in [-0.25, -0.2) is 14.2 Å². The van der Waals surface area contributed by atoms with Gasteiger partial charge in [0.15, 0.2) is 0 Å². The first-order valence-electron chi connectivity index (χ1n) is 6.38. The summed E-state index contributed by atoms with van der Waals surface area (Å²) < 4.78 is 12.7. The van der Waals surface area contributed by atoms with Crippen molar-refractivity contribution in [2.24, 2.45) is 0 Å². The second kappa shape index (κ2) is 6.33. The minimum absolute atomic E-state index is 0.0420. The third-order valence-electron chi connectivity index (χ3n) is 3.09. The van der Waals surface area contributed by atoms with Gasteiger partial charge in [-0.1, -0.05) is 0 Å². The number of anilines is 1. The van der Waals surface area contributed by atoms with E-state index >= 15 is 0 Å². The van der Waals surface area contributed by atoms with Crippen LogP contribution in [0.5, 0.6) is 0 Å². The molecule has 0 unspecified atom stereocenters. The monoisotopic (exact) mass is 280 g/mol. The number of nitrogens with one attached hydrogen (secondary N) is 2. The number of amides is 3. The zero-order chi connectivity index (χ0) is 14.5. The van der Waals surface area contributed by atoms with Gasteiger partial charge >= 0.3 is 6.03 Å². The van der Waals surface area contributed by atoms with Crippen molar-refractivity contribution in [2.75, 3.05) is 31.5 Å². The average molecular weight is 280 g/mol. The molecule has 1 aromatic rings. The van der Waals surface area contributed by atoms with Crippen molar-refractivity contribution >= 4 is 17.6 Å². The van der Waals surface area contributed by atoms with E-state index in [1.54, 1.807) is 9.91 Å². The van der Waals surface area contributed by atoms with Crippen LogP contribution in [-0.4, -0.2) is 48.0 Å². The SMILES string of the molecule is CC(=O)N1CCN(NC(=O)Nc2ccc(F)cc2)CC1. The van der Waals surface area contributed by atoms with E-state index in [2.05, 4.69) is 10.7 Å². The summed E-state index contributed by atoms with van der Waals surface area (Å²) in [7, 11) is 0. The summed E-state index contributed by atoms with van der Waals surface area (Å²) in [5, 5.41) is 4.36. The van der Waals surface area contributed by atoms with Crippen molar-refractivity contribution in [1.29, 1.82) is 0 Å². The Morgan fingerprint density at radius 3 is 2.25 bits per heavy atom. The lowest BCUT2D eigenvalue weighted by Crippen LogP contribution is -2.55. The number of benzene rings is 1. The van der Waals surface area contributed by atoms with Crippen molar-refractivity contribution in [3.05, 3.63) is 30.1 Å². The van der Waals surface area contributed by atoms with E-state index in [1.165, 1.54) is 31.2 Å². The van der Waals surface area contributed by atoms with E-state index in [0.29, 0.717) is 31.9 Å². The molecule has 1 aliphatic rings. The molecule has 1 saturated heterocycles. The first-order chi connectivity index (χ1) is 9.54. The van der Waals surface area contributed by atoms with Gasteiger partial charge in [-0.2, -0.15) is 0 Å². The summed E-state index contributed by atoms with van der Waals surface area (Å²) in [6.07, 6.45) is 0. The van der Waals surface area contributed by atoms with Gasteiger partial charge in [0.2, 0.25) is 5.91 Å². The molecule has 0 aromatic heterocycles. The fourth-order valence-corrected chi connectivity index (χ4v) is 1.97. The van der Waals surface area contributed by atoms with E-state index in [9.17, 15) is 14.0 Å². The highest BCUT2D eigenvalue weighted by molar-refractivity contribution is 5.88. The van der Waals surface area contributed by atoms with Crippen LogP contribution in [0.4, 0.5) is 14.9 Å². The van der Waals surface area contributed by atoms with Crippen molar-refractivity contribution in [2.45, 2.75) is 6.92 Å². The number of piperazine rings is 1. The molecule has 1 aromatic carbocycles. The topological polar surface area (TPSA) is 64.7 Å². The minimum atomic E-state index is -0.382. The molecule has 1 fully saturated rings. The van der Waals surface area contributed by atoms with Crippen LogP contribution in [0, 0.1) is 5.82 Å². The number of nitrogens with zero attached hydrogens (tertiary/aromatic N) is 2. The van der Waals surface area contributed by atoms with Gasteiger partial charge < -0.3 is 10.2 Å². The second-order valence-electron chi connectivity index (χ2n) is 4.57. The van der Waals surface area contributed by atoms with Crippen LogP contribution in [0.3, 0.4) is 0 Å². The molecular formula is C13H17FN4O2. The molecule has 0 saturated carbocycles. The maximum atomic E-state index is 12.7. The predicted molar refractivity (Wildman–Crippen MR) is 72.4 cm³/mol. The third kappa shape index (κ3) is 3.92. The van der Waals surface area contributed by atoms with Crippen LogP contribution in [0.2, 0.25) is 0 Å². The quantitative estimate of drug-likeness (QED) is 0.850. The van der Waals surface area contributed by atoms with Crippen LogP contribution in [0.15, 0.2) is 24.3 Å². The smallest absolute Gasteiger partial charge is 0.333 e. The third-order valence-corrected chi connectivity index (χ3v) is 3.09. The molecule has 2 rings (SSSR count). The molecule has 0 aliphatic carbocycles. The maximum Gasteiger partial charge on any atom is 0.333 e. The molecular weight excluding hydrogens is 263 g/mol. The number of hydrogen-bond acceptors (Lipinski definition) is 3. The van der Waals surface area contributed by atoms with Gasteiger partial charge in [-0.05, 0) is 24.3 Å². The first-order valence-corrected chi connectivity index (χ1v) is 6.38. The molecule has 6 nitrogen and oxygen atoms in total. The van der Waals surface area contributed by atoms with Gasteiger partial charge in [-0.3, -0.25) is 10.2 Å². The average Bonchev–Trinajstić information content (AvgIpc) is 2.42. The normalized spacial score (nSPS) is 15.8. The molecule has 1 aliphatic heterocycles. The van der Waals surface area contributed by atoms with E-state index in [4.69, 9.17) is 0 Å². The number of carbonyl (C=O) groups is 2. The van der Waals surface area contributed by atoms with E-state index in [1.807, 2.05) is 0 Å². The minimum Gasteiger partial charge on any atom is -0.340 e. The Labute approximate surface area is 116 Å². The Morgan fingerprint density at radius 1 is 1.10 bits per heavy atom. The summed E-state index contributed by atoms with van der Waals surface area (Å²) in [5.41, 5.74) is 3.21. The van der Waals surface area contributed by atoms with Crippen LogP contribution in [-0.2, 0) is 4.79 Å². The van der Waals surface area contributed by atoms with Gasteiger partial charge in [0.1, 0.15) is 5.82 Å². The Kier molecular flexibility index (Phi) is 4.52. The fraction of sp³-hybridized carbons (Fsp3) is 0.385. The summed E-state index contributed by atoms with van der Waals surface area (Å²) in [6, 6.07) is 5.15. The highest BCUT2D eigenvalue weighted by atomic mass is 19.1. The first kappa shape index (κ1) is 14.3. The lowest BCUT2D eigenvalue weighted by Gasteiger charge is -2.34. The van der Waals surface area contributed by atoms with Crippen molar-refractivity contribution in [3.63, 3.8) is 0 Å². The molecule has 0 radical (unpaired) electrons. The molecule has 1 heterocycles. The molecule has 0 bridgehead atoms. The molecule has 0 atom stereocenters. The van der Waals surface area contributed by atoms with E-state index in [-0.39, 0.29) is 17.8 Å². The molecule has 2 N–H and O–H groups in total. The number of carbonyl (C=O) groups excluding carboxylic acids is 2. The summed E-state index contributed by atoms with van der Waals surface area (Å²) in [6.45, 7) is 3.87. The standard InChI is InChI=1S/C13H17FN4O2/c1-10(19)17-6-8-18(9-7-17)16-13(20)15-12-4-2-11(14)3-5-12/h2-5H,6-9H2,1H3,(H2,15,16,20). The van der Waals surface area contributed by atoms with Crippen molar-refractivity contribution in [1.82, 2.24) is 15.3 Å². The van der Waals surface area contributed by atoms with E-state index in [0.717, 1.165) is 0 Å². The predicted octanol–water partition coefficient (Wildman–Crippen LogP) is 1.03. The zero-order valence-electron chi connectivity index (χ0n) is 11.2. The lowest BCUT2D eigenvalue weighted by molar-refractivity contribution is -0.130. The summed E-state index contributed by atoms with van der Waals surface area (Å²) in [4.78, 5) is 24.6. The Balaban J connectivity index is 1.78. The van der Waals surface area contributed by atoms with Crippen LogP contribution >= 0.6 is 0 Å².